The van der Waals surface area contributed by atoms with E-state index in [0.29, 0.717) is 0 Å². The molecule has 0 saturated carbocycles. The van der Waals surface area contributed by atoms with E-state index >= 15 is 0 Å². The first-order valence-corrected chi connectivity index (χ1v) is 6.98. The summed E-state index contributed by atoms with van der Waals surface area (Å²) in [6, 6.07) is 4.32. The van der Waals surface area contributed by atoms with E-state index in [9.17, 15) is 4.79 Å². The molecule has 104 valence electrons. The molecule has 0 aliphatic carbocycles. The largest absolute Gasteiger partial charge is 0.329 e. The van der Waals surface area contributed by atoms with Crippen molar-refractivity contribution in [3.63, 3.8) is 0 Å². The van der Waals surface area contributed by atoms with Gasteiger partial charge in [0.2, 0.25) is 0 Å². The Labute approximate surface area is 116 Å². The predicted molar refractivity (Wildman–Crippen MR) is 79.5 cm³/mol. The predicted octanol–water partition coefficient (Wildman–Crippen LogP) is 4.05. The van der Waals surface area contributed by atoms with Crippen LogP contribution in [0.25, 0.3) is 0 Å². The molecule has 2 heteroatoms. The maximum Gasteiger partial charge on any atom is 0.255 e. The van der Waals surface area contributed by atoms with Crippen molar-refractivity contribution in [1.29, 1.82) is 0 Å². The molecule has 2 rings (SSSR count). The van der Waals surface area contributed by atoms with Gasteiger partial charge in [-0.25, -0.2) is 0 Å². The third kappa shape index (κ3) is 2.29. The average Bonchev–Trinajstić information content (AvgIpc) is 2.54. The maximum atomic E-state index is 12.7. The van der Waals surface area contributed by atoms with Crippen LogP contribution in [-0.4, -0.2) is 16.3 Å². The summed E-state index contributed by atoms with van der Waals surface area (Å²) in [6.07, 6.45) is 0. The number of carbonyl (C=O) groups is 1. The smallest absolute Gasteiger partial charge is 0.255 e. The van der Waals surface area contributed by atoms with E-state index in [1.807, 2.05) is 4.90 Å². The molecule has 1 amide bonds. The first-order chi connectivity index (χ1) is 8.53. The summed E-state index contributed by atoms with van der Waals surface area (Å²) >= 11 is 0. The minimum atomic E-state index is -0.121. The van der Waals surface area contributed by atoms with Crippen LogP contribution in [0, 0.1) is 6.92 Å². The van der Waals surface area contributed by atoms with Gasteiger partial charge < -0.3 is 4.90 Å². The number of nitrogens with zero attached hydrogens (tertiary/aromatic N) is 1. The van der Waals surface area contributed by atoms with E-state index in [4.69, 9.17) is 0 Å². The Kier molecular flexibility index (Phi) is 3.04. The van der Waals surface area contributed by atoms with E-state index in [1.54, 1.807) is 0 Å². The van der Waals surface area contributed by atoms with Crippen molar-refractivity contribution in [3.05, 3.63) is 34.4 Å². The van der Waals surface area contributed by atoms with Crippen LogP contribution in [0.15, 0.2) is 12.1 Å². The fraction of sp³-hybridized carbons (Fsp3) is 0.588. The first kappa shape index (κ1) is 14.1. The molecule has 1 aromatic carbocycles. The third-order valence-electron chi connectivity index (χ3n) is 3.96. The van der Waals surface area contributed by atoms with Crippen LogP contribution >= 0.6 is 0 Å². The highest BCUT2D eigenvalue weighted by Crippen LogP contribution is 2.35. The summed E-state index contributed by atoms with van der Waals surface area (Å²) in [5.74, 6) is 0.186. The number of rotatable bonds is 0. The quantitative estimate of drug-likeness (QED) is 0.688. The summed E-state index contributed by atoms with van der Waals surface area (Å²) in [6.45, 7) is 15.7. The van der Waals surface area contributed by atoms with Gasteiger partial charge in [-0.15, -0.1) is 0 Å². The second-order valence-electron chi connectivity index (χ2n) is 7.58. The molecule has 19 heavy (non-hydrogen) atoms. The standard InChI is InChI=1S/C17H25NO/c1-11-13(16(2,3)4)9-8-12-10-18(17(5,6)7)15(19)14(11)12/h8-9H,10H2,1-7H3. The Hall–Kier alpha value is -1.31. The van der Waals surface area contributed by atoms with Gasteiger partial charge >= 0.3 is 0 Å². The Morgan fingerprint density at radius 3 is 2.11 bits per heavy atom. The van der Waals surface area contributed by atoms with Crippen molar-refractivity contribution >= 4 is 5.91 Å². The Bertz CT molecular complexity index is 529. The number of hydrogen-bond acceptors (Lipinski definition) is 1. The molecule has 0 N–H and O–H groups in total. The molecule has 0 atom stereocenters. The van der Waals surface area contributed by atoms with Gasteiger partial charge in [0.1, 0.15) is 0 Å². The normalized spacial score (nSPS) is 15.9. The molecule has 2 nitrogen and oxygen atoms in total. The fourth-order valence-electron chi connectivity index (χ4n) is 2.93. The lowest BCUT2D eigenvalue weighted by molar-refractivity contribution is 0.0609. The molecule has 1 aromatic rings. The minimum absolute atomic E-state index is 0.0779. The zero-order chi connectivity index (χ0) is 14.6. The Morgan fingerprint density at radius 1 is 1.05 bits per heavy atom. The van der Waals surface area contributed by atoms with Crippen molar-refractivity contribution in [2.24, 2.45) is 0 Å². The second-order valence-corrected chi connectivity index (χ2v) is 7.58. The van der Waals surface area contributed by atoms with Crippen LogP contribution in [0.1, 0.15) is 68.6 Å². The van der Waals surface area contributed by atoms with Crippen molar-refractivity contribution in [2.45, 2.75) is 66.0 Å². The summed E-state index contributed by atoms with van der Waals surface area (Å²) in [4.78, 5) is 14.6. The van der Waals surface area contributed by atoms with E-state index < -0.39 is 0 Å². The summed E-state index contributed by atoms with van der Waals surface area (Å²) in [7, 11) is 0. The lowest BCUT2D eigenvalue weighted by Crippen LogP contribution is -2.41. The Morgan fingerprint density at radius 2 is 1.63 bits per heavy atom. The molecule has 1 heterocycles. The number of benzene rings is 1. The molecule has 0 unspecified atom stereocenters. The zero-order valence-corrected chi connectivity index (χ0v) is 13.2. The van der Waals surface area contributed by atoms with Gasteiger partial charge in [0, 0.05) is 17.6 Å². The fourth-order valence-corrected chi connectivity index (χ4v) is 2.93. The van der Waals surface area contributed by atoms with Crippen molar-refractivity contribution in [1.82, 2.24) is 4.90 Å². The van der Waals surface area contributed by atoms with Gasteiger partial charge in [0.15, 0.2) is 0 Å². The average molecular weight is 259 g/mol. The van der Waals surface area contributed by atoms with Crippen LogP contribution in [0.4, 0.5) is 0 Å². The van der Waals surface area contributed by atoms with Crippen LogP contribution in [0.5, 0.6) is 0 Å². The minimum Gasteiger partial charge on any atom is -0.329 e. The summed E-state index contributed by atoms with van der Waals surface area (Å²) in [5, 5.41) is 0. The molecule has 0 spiro atoms. The van der Waals surface area contributed by atoms with E-state index in [1.165, 1.54) is 11.1 Å². The monoisotopic (exact) mass is 259 g/mol. The zero-order valence-electron chi connectivity index (χ0n) is 13.2. The highest BCUT2D eigenvalue weighted by molar-refractivity contribution is 6.00. The highest BCUT2D eigenvalue weighted by atomic mass is 16.2. The molecular weight excluding hydrogens is 234 g/mol. The van der Waals surface area contributed by atoms with Gasteiger partial charge in [-0.05, 0) is 49.8 Å². The first-order valence-electron chi connectivity index (χ1n) is 6.98. The number of fused-ring (bicyclic) bond motifs is 1. The second kappa shape index (κ2) is 4.09. The molecule has 1 aliphatic rings. The highest BCUT2D eigenvalue weighted by Gasteiger charge is 2.36. The topological polar surface area (TPSA) is 20.3 Å². The van der Waals surface area contributed by atoms with E-state index in [0.717, 1.165) is 17.7 Å². The van der Waals surface area contributed by atoms with Gasteiger partial charge in [0.05, 0.1) is 0 Å². The Balaban J connectivity index is 2.55. The van der Waals surface area contributed by atoms with Crippen LogP contribution in [0.2, 0.25) is 0 Å². The van der Waals surface area contributed by atoms with Gasteiger partial charge in [-0.1, -0.05) is 32.9 Å². The van der Waals surface area contributed by atoms with Crippen LogP contribution < -0.4 is 0 Å². The van der Waals surface area contributed by atoms with Crippen molar-refractivity contribution in [2.75, 3.05) is 0 Å². The summed E-state index contributed by atoms with van der Waals surface area (Å²) in [5.41, 5.74) is 4.49. The molecular formula is C17H25NO. The van der Waals surface area contributed by atoms with Crippen molar-refractivity contribution < 1.29 is 4.79 Å². The number of hydrogen-bond donors (Lipinski definition) is 0. The maximum absolute atomic E-state index is 12.7. The van der Waals surface area contributed by atoms with E-state index in [2.05, 4.69) is 60.6 Å². The number of amides is 1. The molecule has 0 radical (unpaired) electrons. The molecule has 0 fully saturated rings. The lowest BCUT2D eigenvalue weighted by Gasteiger charge is -2.31. The van der Waals surface area contributed by atoms with E-state index in [-0.39, 0.29) is 16.9 Å². The van der Waals surface area contributed by atoms with Crippen LogP contribution in [0.3, 0.4) is 0 Å². The van der Waals surface area contributed by atoms with Crippen molar-refractivity contribution in [3.8, 4) is 0 Å². The van der Waals surface area contributed by atoms with Gasteiger partial charge in [-0.2, -0.15) is 0 Å². The van der Waals surface area contributed by atoms with Gasteiger partial charge in [-0.3, -0.25) is 4.79 Å². The molecule has 0 aromatic heterocycles. The van der Waals surface area contributed by atoms with Crippen LogP contribution in [-0.2, 0) is 12.0 Å². The summed E-state index contributed by atoms with van der Waals surface area (Å²) < 4.78 is 0. The SMILES string of the molecule is Cc1c(C(C)(C)C)ccc2c1C(=O)N(C(C)(C)C)C2. The third-order valence-corrected chi connectivity index (χ3v) is 3.96. The number of carbonyl (C=O) groups excluding carboxylic acids is 1. The lowest BCUT2D eigenvalue weighted by atomic mass is 9.82. The molecule has 0 saturated heterocycles. The van der Waals surface area contributed by atoms with Gasteiger partial charge in [0.25, 0.3) is 5.91 Å². The molecule has 0 bridgehead atoms. The molecule has 1 aliphatic heterocycles.